The summed E-state index contributed by atoms with van der Waals surface area (Å²) >= 11 is 5.72. The molecular weight excluding hydrogens is 265 g/mol. The lowest BCUT2D eigenvalue weighted by molar-refractivity contribution is -0.138. The van der Waals surface area contributed by atoms with Gasteiger partial charge in [0.05, 0.1) is 22.5 Å². The number of hydrogen-bond donors (Lipinski definition) is 0. The third-order valence-corrected chi connectivity index (χ3v) is 2.57. The molecule has 1 aromatic carbocycles. The smallest absolute Gasteiger partial charge is 0.166 e. The van der Waals surface area contributed by atoms with Crippen molar-refractivity contribution in [1.29, 1.82) is 0 Å². The molecule has 0 unspecified atom stereocenters. The van der Waals surface area contributed by atoms with Crippen LogP contribution in [-0.2, 0) is 12.6 Å². The standard InChI is InChI=1S/C12H8ClF3N2/c13-9-6-10(18-17-7-9)5-8-3-1-2-4-11(8)12(14,15)16/h1-4,6-7H,5H2. The molecule has 2 aromatic rings. The number of benzene rings is 1. The topological polar surface area (TPSA) is 25.8 Å². The average Bonchev–Trinajstić information content (AvgIpc) is 2.28. The second-order valence-corrected chi connectivity index (χ2v) is 4.13. The van der Waals surface area contributed by atoms with Crippen molar-refractivity contribution in [3.05, 3.63) is 58.4 Å². The van der Waals surface area contributed by atoms with Crippen LogP contribution in [0.1, 0.15) is 16.8 Å². The van der Waals surface area contributed by atoms with Crippen molar-refractivity contribution in [3.63, 3.8) is 0 Å². The van der Waals surface area contributed by atoms with E-state index in [0.717, 1.165) is 6.07 Å². The minimum Gasteiger partial charge on any atom is -0.166 e. The Kier molecular flexibility index (Phi) is 3.52. The van der Waals surface area contributed by atoms with E-state index in [4.69, 9.17) is 11.6 Å². The maximum Gasteiger partial charge on any atom is 0.416 e. The monoisotopic (exact) mass is 272 g/mol. The summed E-state index contributed by atoms with van der Waals surface area (Å²) in [6.45, 7) is 0. The predicted octanol–water partition coefficient (Wildman–Crippen LogP) is 3.74. The third kappa shape index (κ3) is 2.98. The maximum atomic E-state index is 12.8. The second-order valence-electron chi connectivity index (χ2n) is 3.70. The quantitative estimate of drug-likeness (QED) is 0.832. The summed E-state index contributed by atoms with van der Waals surface area (Å²) in [5, 5.41) is 7.72. The van der Waals surface area contributed by atoms with Crippen molar-refractivity contribution in [2.45, 2.75) is 12.6 Å². The zero-order valence-corrected chi connectivity index (χ0v) is 9.83. The Morgan fingerprint density at radius 3 is 2.56 bits per heavy atom. The highest BCUT2D eigenvalue weighted by Gasteiger charge is 2.32. The normalized spacial score (nSPS) is 11.6. The lowest BCUT2D eigenvalue weighted by Crippen LogP contribution is -2.09. The Hall–Kier alpha value is -1.62. The van der Waals surface area contributed by atoms with Crippen LogP contribution < -0.4 is 0 Å². The largest absolute Gasteiger partial charge is 0.416 e. The molecule has 0 N–H and O–H groups in total. The zero-order valence-electron chi connectivity index (χ0n) is 9.08. The summed E-state index contributed by atoms with van der Waals surface area (Å²) in [7, 11) is 0. The Labute approximate surface area is 106 Å². The number of rotatable bonds is 2. The molecule has 0 amide bonds. The van der Waals surface area contributed by atoms with E-state index in [0.29, 0.717) is 10.7 Å². The summed E-state index contributed by atoms with van der Waals surface area (Å²) < 4.78 is 38.3. The molecule has 1 heterocycles. The average molecular weight is 273 g/mol. The van der Waals surface area contributed by atoms with Crippen LogP contribution in [0.15, 0.2) is 36.5 Å². The molecule has 0 aliphatic rings. The molecule has 0 fully saturated rings. The van der Waals surface area contributed by atoms with Gasteiger partial charge in [0.2, 0.25) is 0 Å². The summed E-state index contributed by atoms with van der Waals surface area (Å²) in [4.78, 5) is 0. The van der Waals surface area contributed by atoms with Gasteiger partial charge in [0.1, 0.15) is 0 Å². The van der Waals surface area contributed by atoms with E-state index in [1.165, 1.54) is 24.4 Å². The van der Waals surface area contributed by atoms with E-state index in [1.807, 2.05) is 0 Å². The molecule has 0 saturated carbocycles. The number of aromatic nitrogens is 2. The number of alkyl halides is 3. The number of nitrogens with zero attached hydrogens (tertiary/aromatic N) is 2. The summed E-state index contributed by atoms with van der Waals surface area (Å²) in [5.41, 5.74) is -0.104. The van der Waals surface area contributed by atoms with Gasteiger partial charge in [-0.3, -0.25) is 0 Å². The molecule has 0 aliphatic heterocycles. The fraction of sp³-hybridized carbons (Fsp3) is 0.167. The lowest BCUT2D eigenvalue weighted by Gasteiger charge is -2.11. The minimum absolute atomic E-state index is 0.0449. The van der Waals surface area contributed by atoms with Crippen LogP contribution in [0.3, 0.4) is 0 Å². The summed E-state index contributed by atoms with van der Waals surface area (Å²) in [6.07, 6.45) is -2.99. The van der Waals surface area contributed by atoms with Gasteiger partial charge in [-0.15, -0.1) is 0 Å². The van der Waals surface area contributed by atoms with Crippen LogP contribution in [0, 0.1) is 0 Å². The summed E-state index contributed by atoms with van der Waals surface area (Å²) in [5.74, 6) is 0. The van der Waals surface area contributed by atoms with Crippen molar-refractivity contribution < 1.29 is 13.2 Å². The van der Waals surface area contributed by atoms with Crippen LogP contribution in [-0.4, -0.2) is 10.2 Å². The minimum atomic E-state index is -4.37. The van der Waals surface area contributed by atoms with Crippen molar-refractivity contribution in [1.82, 2.24) is 10.2 Å². The Balaban J connectivity index is 2.35. The van der Waals surface area contributed by atoms with E-state index >= 15 is 0 Å². The maximum absolute atomic E-state index is 12.8. The number of hydrogen-bond acceptors (Lipinski definition) is 2. The first-order valence-corrected chi connectivity index (χ1v) is 5.47. The predicted molar refractivity (Wildman–Crippen MR) is 61.3 cm³/mol. The molecule has 94 valence electrons. The molecule has 18 heavy (non-hydrogen) atoms. The van der Waals surface area contributed by atoms with Gasteiger partial charge in [-0.25, -0.2) is 0 Å². The SMILES string of the molecule is FC(F)(F)c1ccccc1Cc1cc(Cl)cnn1. The van der Waals surface area contributed by atoms with Gasteiger partial charge >= 0.3 is 6.18 Å². The van der Waals surface area contributed by atoms with Gasteiger partial charge in [0.25, 0.3) is 0 Å². The van der Waals surface area contributed by atoms with E-state index in [2.05, 4.69) is 10.2 Å². The molecule has 0 saturated heterocycles. The van der Waals surface area contributed by atoms with Gasteiger partial charge in [0.15, 0.2) is 0 Å². The van der Waals surface area contributed by atoms with Crippen molar-refractivity contribution >= 4 is 11.6 Å². The Morgan fingerprint density at radius 2 is 1.89 bits per heavy atom. The second kappa shape index (κ2) is 4.94. The van der Waals surface area contributed by atoms with Crippen LogP contribution in [0.4, 0.5) is 13.2 Å². The molecule has 0 radical (unpaired) electrons. The van der Waals surface area contributed by atoms with Crippen molar-refractivity contribution in [2.75, 3.05) is 0 Å². The highest BCUT2D eigenvalue weighted by Crippen LogP contribution is 2.32. The van der Waals surface area contributed by atoms with Gasteiger partial charge in [-0.1, -0.05) is 29.8 Å². The first-order valence-electron chi connectivity index (χ1n) is 5.09. The van der Waals surface area contributed by atoms with Crippen LogP contribution in [0.2, 0.25) is 5.02 Å². The van der Waals surface area contributed by atoms with Crippen molar-refractivity contribution in [3.8, 4) is 0 Å². The molecular formula is C12H8ClF3N2. The molecule has 0 spiro atoms. The van der Waals surface area contributed by atoms with E-state index < -0.39 is 11.7 Å². The third-order valence-electron chi connectivity index (χ3n) is 2.37. The molecule has 1 aromatic heterocycles. The molecule has 6 heteroatoms. The fourth-order valence-corrected chi connectivity index (χ4v) is 1.79. The molecule has 2 rings (SSSR count). The molecule has 0 bridgehead atoms. The molecule has 0 atom stereocenters. The fourth-order valence-electron chi connectivity index (χ4n) is 1.62. The summed E-state index contributed by atoms with van der Waals surface area (Å²) in [6, 6.07) is 6.89. The van der Waals surface area contributed by atoms with Crippen LogP contribution in [0.5, 0.6) is 0 Å². The Morgan fingerprint density at radius 1 is 1.17 bits per heavy atom. The van der Waals surface area contributed by atoms with Gasteiger partial charge < -0.3 is 0 Å². The van der Waals surface area contributed by atoms with Crippen LogP contribution >= 0.6 is 11.6 Å². The van der Waals surface area contributed by atoms with Crippen LogP contribution in [0.25, 0.3) is 0 Å². The van der Waals surface area contributed by atoms with Gasteiger partial charge in [0, 0.05) is 6.42 Å². The zero-order chi connectivity index (χ0) is 13.2. The van der Waals surface area contributed by atoms with Gasteiger partial charge in [-0.05, 0) is 17.7 Å². The molecule has 0 aliphatic carbocycles. The lowest BCUT2D eigenvalue weighted by atomic mass is 10.0. The van der Waals surface area contributed by atoms with Gasteiger partial charge in [-0.2, -0.15) is 23.4 Å². The highest BCUT2D eigenvalue weighted by molar-refractivity contribution is 6.30. The first kappa shape index (κ1) is 12.8. The van der Waals surface area contributed by atoms with E-state index in [-0.39, 0.29) is 12.0 Å². The number of halogens is 4. The Bertz CT molecular complexity index is 555. The van der Waals surface area contributed by atoms with E-state index in [1.54, 1.807) is 6.07 Å². The molecule has 2 nitrogen and oxygen atoms in total. The first-order chi connectivity index (χ1) is 8.47. The van der Waals surface area contributed by atoms with E-state index in [9.17, 15) is 13.2 Å². The van der Waals surface area contributed by atoms with Crippen molar-refractivity contribution in [2.24, 2.45) is 0 Å². The highest BCUT2D eigenvalue weighted by atomic mass is 35.5.